The van der Waals surface area contributed by atoms with Gasteiger partial charge in [0.25, 0.3) is 0 Å². The predicted molar refractivity (Wildman–Crippen MR) is 85.7 cm³/mol. The van der Waals surface area contributed by atoms with Crippen molar-refractivity contribution in [2.75, 3.05) is 0 Å². The van der Waals surface area contributed by atoms with E-state index in [1.165, 1.54) is 38.5 Å². The van der Waals surface area contributed by atoms with Crippen LogP contribution in [-0.2, 0) is 0 Å². The van der Waals surface area contributed by atoms with Gasteiger partial charge in [0.05, 0.1) is 6.10 Å². The summed E-state index contributed by atoms with van der Waals surface area (Å²) < 4.78 is 0. The van der Waals surface area contributed by atoms with Gasteiger partial charge in [-0.3, -0.25) is 0 Å². The molecule has 4 aliphatic rings. The molecule has 0 aromatic carbocycles. The molecule has 0 saturated heterocycles. The average Bonchev–Trinajstić information content (AvgIpc) is 2.76. The lowest BCUT2D eigenvalue weighted by atomic mass is 9.53. The Bertz CT molecular complexity index is 522. The van der Waals surface area contributed by atoms with Crippen LogP contribution in [-0.4, -0.2) is 17.3 Å². The van der Waals surface area contributed by atoms with Gasteiger partial charge < -0.3 is 10.8 Å². The average molecular weight is 287 g/mol. The zero-order chi connectivity index (χ0) is 14.8. The fourth-order valence-corrected chi connectivity index (χ4v) is 6.06. The van der Waals surface area contributed by atoms with Crippen molar-refractivity contribution >= 4 is 0 Å². The van der Waals surface area contributed by atoms with Crippen LogP contribution in [0, 0.1) is 22.7 Å². The lowest BCUT2D eigenvalue weighted by molar-refractivity contribution is 0.102. The van der Waals surface area contributed by atoms with E-state index >= 15 is 0 Å². The molecule has 0 heterocycles. The predicted octanol–water partition coefficient (Wildman–Crippen LogP) is 3.56. The Morgan fingerprint density at radius 2 is 2.00 bits per heavy atom. The van der Waals surface area contributed by atoms with Gasteiger partial charge in [0, 0.05) is 11.5 Å². The van der Waals surface area contributed by atoms with Gasteiger partial charge >= 0.3 is 0 Å². The first-order valence-electron chi connectivity index (χ1n) is 8.80. The molecular weight excluding hydrogens is 258 g/mol. The highest BCUT2D eigenvalue weighted by Crippen LogP contribution is 2.61. The second-order valence-electron chi connectivity index (χ2n) is 8.43. The van der Waals surface area contributed by atoms with Crippen LogP contribution in [0.4, 0.5) is 0 Å². The summed E-state index contributed by atoms with van der Waals surface area (Å²) in [4.78, 5) is 0. The summed E-state index contributed by atoms with van der Waals surface area (Å²) in [5.74, 6) is 1.37. The number of hydrogen-bond acceptors (Lipinski definition) is 2. The maximum atomic E-state index is 9.97. The summed E-state index contributed by atoms with van der Waals surface area (Å²) in [6.07, 6.45) is 12.6. The maximum Gasteiger partial charge on any atom is 0.0724 e. The van der Waals surface area contributed by atoms with Crippen LogP contribution in [0.25, 0.3) is 0 Å². The first-order chi connectivity index (χ1) is 9.95. The van der Waals surface area contributed by atoms with E-state index in [-0.39, 0.29) is 11.5 Å². The minimum absolute atomic E-state index is 0.209. The summed E-state index contributed by atoms with van der Waals surface area (Å²) in [5.41, 5.74) is 10.5. The number of rotatable bonds is 0. The molecule has 1 saturated carbocycles. The lowest BCUT2D eigenvalue weighted by Gasteiger charge is -2.52. The van der Waals surface area contributed by atoms with Gasteiger partial charge in [-0.15, -0.1) is 0 Å². The highest BCUT2D eigenvalue weighted by Gasteiger charge is 2.53. The van der Waals surface area contributed by atoms with Crippen LogP contribution in [0.2, 0.25) is 0 Å². The fourth-order valence-electron chi connectivity index (χ4n) is 6.06. The maximum absolute atomic E-state index is 9.97. The van der Waals surface area contributed by atoms with Crippen molar-refractivity contribution in [2.45, 2.75) is 70.9 Å². The van der Waals surface area contributed by atoms with E-state index in [4.69, 9.17) is 5.73 Å². The standard InChI is InChI=1S/C19H29NO/c1-18-9-7-13(21)11-12(18)3-4-14-15-5-6-17(20)19(15,2)10-8-16(14)18/h7,9,12-13,15,17,21H,3-6,8,10-11,20H2,1-2H3/t12-,13?,15+,17+,18+,19+/m1/s1. The highest BCUT2D eigenvalue weighted by atomic mass is 16.3. The summed E-state index contributed by atoms with van der Waals surface area (Å²) in [5, 5.41) is 9.97. The van der Waals surface area contributed by atoms with E-state index in [2.05, 4.69) is 19.9 Å². The lowest BCUT2D eigenvalue weighted by Crippen LogP contribution is -2.46. The second kappa shape index (κ2) is 4.45. The van der Waals surface area contributed by atoms with E-state index in [1.54, 1.807) is 11.1 Å². The summed E-state index contributed by atoms with van der Waals surface area (Å²) in [7, 11) is 0. The van der Waals surface area contributed by atoms with E-state index in [0.29, 0.717) is 17.4 Å². The first kappa shape index (κ1) is 14.0. The topological polar surface area (TPSA) is 46.2 Å². The molecule has 2 heteroatoms. The van der Waals surface area contributed by atoms with Gasteiger partial charge in [0.15, 0.2) is 0 Å². The van der Waals surface area contributed by atoms with E-state index in [9.17, 15) is 5.11 Å². The molecule has 2 nitrogen and oxygen atoms in total. The molecule has 1 unspecified atom stereocenters. The van der Waals surface area contributed by atoms with Crippen molar-refractivity contribution in [1.29, 1.82) is 0 Å². The van der Waals surface area contributed by atoms with Crippen molar-refractivity contribution in [3.8, 4) is 0 Å². The molecule has 1 fully saturated rings. The molecule has 3 N–H and O–H groups in total. The molecule has 4 rings (SSSR count). The molecule has 116 valence electrons. The third kappa shape index (κ3) is 1.78. The zero-order valence-corrected chi connectivity index (χ0v) is 13.4. The number of aliphatic hydroxyl groups is 1. The number of aliphatic hydroxyl groups excluding tert-OH is 1. The zero-order valence-electron chi connectivity index (χ0n) is 13.4. The molecule has 0 aromatic rings. The highest BCUT2D eigenvalue weighted by molar-refractivity contribution is 5.38. The third-order valence-electron chi connectivity index (χ3n) is 7.58. The Labute approximate surface area is 128 Å². The quantitative estimate of drug-likeness (QED) is 0.669. The van der Waals surface area contributed by atoms with Gasteiger partial charge in [-0.25, -0.2) is 0 Å². The first-order valence-corrected chi connectivity index (χ1v) is 8.80. The normalized spacial score (nSPS) is 52.4. The molecule has 0 radical (unpaired) electrons. The Morgan fingerprint density at radius 3 is 2.81 bits per heavy atom. The molecule has 21 heavy (non-hydrogen) atoms. The van der Waals surface area contributed by atoms with Crippen LogP contribution in [0.15, 0.2) is 23.3 Å². The van der Waals surface area contributed by atoms with Crippen LogP contribution in [0.5, 0.6) is 0 Å². The number of allylic oxidation sites excluding steroid dienone is 3. The van der Waals surface area contributed by atoms with Gasteiger partial charge in [-0.2, -0.15) is 0 Å². The SMILES string of the molecule is C[C@]12CCC3=C(CC[C@@H]4CC(O)C=C[C@]34C)[C@@H]1CC[C@@H]2N. The smallest absolute Gasteiger partial charge is 0.0724 e. The number of hydrogen-bond donors (Lipinski definition) is 2. The van der Waals surface area contributed by atoms with Gasteiger partial charge in [-0.05, 0) is 62.2 Å². The monoisotopic (exact) mass is 287 g/mol. The molecule has 0 aliphatic heterocycles. The van der Waals surface area contributed by atoms with Crippen LogP contribution in [0.1, 0.15) is 58.8 Å². The summed E-state index contributed by atoms with van der Waals surface area (Å²) in [6, 6.07) is 0.394. The molecule has 0 aromatic heterocycles. The Kier molecular flexibility index (Phi) is 2.97. The van der Waals surface area contributed by atoms with Crippen molar-refractivity contribution in [3.63, 3.8) is 0 Å². The minimum Gasteiger partial charge on any atom is -0.389 e. The fraction of sp³-hybridized carbons (Fsp3) is 0.789. The minimum atomic E-state index is -0.223. The van der Waals surface area contributed by atoms with Crippen molar-refractivity contribution in [2.24, 2.45) is 28.4 Å². The number of nitrogens with two attached hydrogens (primary N) is 1. The van der Waals surface area contributed by atoms with Crippen LogP contribution in [0.3, 0.4) is 0 Å². The van der Waals surface area contributed by atoms with Crippen molar-refractivity contribution < 1.29 is 5.11 Å². The van der Waals surface area contributed by atoms with Gasteiger partial charge in [0.2, 0.25) is 0 Å². The molecule has 0 spiro atoms. The molecule has 0 amide bonds. The molecular formula is C19H29NO. The Hall–Kier alpha value is -0.600. The third-order valence-corrected chi connectivity index (χ3v) is 7.58. The van der Waals surface area contributed by atoms with E-state index < -0.39 is 0 Å². The van der Waals surface area contributed by atoms with Gasteiger partial charge in [-0.1, -0.05) is 37.1 Å². The Morgan fingerprint density at radius 1 is 1.19 bits per heavy atom. The van der Waals surface area contributed by atoms with Crippen LogP contribution < -0.4 is 5.73 Å². The molecule has 6 atom stereocenters. The largest absolute Gasteiger partial charge is 0.389 e. The summed E-state index contributed by atoms with van der Waals surface area (Å²) >= 11 is 0. The van der Waals surface area contributed by atoms with Crippen molar-refractivity contribution in [3.05, 3.63) is 23.3 Å². The Balaban J connectivity index is 1.78. The second-order valence-corrected chi connectivity index (χ2v) is 8.43. The van der Waals surface area contributed by atoms with Crippen molar-refractivity contribution in [1.82, 2.24) is 0 Å². The number of fused-ring (bicyclic) bond motifs is 4. The van der Waals surface area contributed by atoms with E-state index in [0.717, 1.165) is 12.3 Å². The molecule has 0 bridgehead atoms. The summed E-state index contributed by atoms with van der Waals surface area (Å²) in [6.45, 7) is 4.86. The van der Waals surface area contributed by atoms with Crippen LogP contribution >= 0.6 is 0 Å². The molecule has 4 aliphatic carbocycles. The van der Waals surface area contributed by atoms with Gasteiger partial charge in [0.1, 0.15) is 0 Å². The van der Waals surface area contributed by atoms with E-state index in [1.807, 2.05) is 6.08 Å².